The van der Waals surface area contributed by atoms with E-state index in [0.717, 1.165) is 29.9 Å². The number of aromatic nitrogens is 1. The van der Waals surface area contributed by atoms with Gasteiger partial charge in [-0.25, -0.2) is 4.39 Å². The van der Waals surface area contributed by atoms with Crippen LogP contribution in [-0.2, 0) is 25.8 Å². The van der Waals surface area contributed by atoms with Crippen LogP contribution in [0.1, 0.15) is 36.4 Å². The van der Waals surface area contributed by atoms with Gasteiger partial charge in [-0.15, -0.1) is 24.0 Å². The van der Waals surface area contributed by atoms with E-state index in [0.29, 0.717) is 31.0 Å². The summed E-state index contributed by atoms with van der Waals surface area (Å²) in [6.45, 7) is 5.31. The van der Waals surface area contributed by atoms with Crippen LogP contribution in [0.4, 0.5) is 4.39 Å². The van der Waals surface area contributed by atoms with Crippen LogP contribution in [0.15, 0.2) is 33.8 Å². The molecule has 0 unspecified atom stereocenters. The average molecular weight is 460 g/mol. The molecule has 0 radical (unpaired) electrons. The van der Waals surface area contributed by atoms with E-state index in [9.17, 15) is 4.39 Å². The van der Waals surface area contributed by atoms with Gasteiger partial charge in [0.25, 0.3) is 0 Å². The molecule has 1 aromatic heterocycles. The Hall–Kier alpha value is -1.64. The fourth-order valence-electron chi connectivity index (χ4n) is 2.55. The number of aryl methyl sites for hydroxylation is 2. The SMILES string of the molecule is CCc1noc(CC)c1CNC(=NC)NCCc1ccccc1F.I. The lowest BCUT2D eigenvalue weighted by Crippen LogP contribution is -2.38. The molecule has 5 nitrogen and oxygen atoms in total. The third-order valence-electron chi connectivity index (χ3n) is 3.91. The molecule has 0 bridgehead atoms. The first-order valence-corrected chi connectivity index (χ1v) is 8.33. The standard InChI is InChI=1S/C18H25FN4O.HI/c1-4-16-14(17(5-2)24-23-16)12-22-18(20-3)21-11-10-13-8-6-7-9-15(13)19;/h6-9H,4-5,10-12H2,1-3H3,(H2,20,21,22);1H. The minimum absolute atomic E-state index is 0. The number of hydrogen-bond acceptors (Lipinski definition) is 3. The van der Waals surface area contributed by atoms with Gasteiger partial charge in [0.1, 0.15) is 11.6 Å². The van der Waals surface area contributed by atoms with Crippen molar-refractivity contribution in [1.29, 1.82) is 0 Å². The summed E-state index contributed by atoms with van der Waals surface area (Å²) >= 11 is 0. The van der Waals surface area contributed by atoms with Crippen molar-refractivity contribution >= 4 is 29.9 Å². The van der Waals surface area contributed by atoms with E-state index in [1.54, 1.807) is 19.2 Å². The van der Waals surface area contributed by atoms with Crippen molar-refractivity contribution in [2.75, 3.05) is 13.6 Å². The summed E-state index contributed by atoms with van der Waals surface area (Å²) in [4.78, 5) is 4.20. The fraction of sp³-hybridized carbons (Fsp3) is 0.444. The highest BCUT2D eigenvalue weighted by Gasteiger charge is 2.13. The summed E-state index contributed by atoms with van der Waals surface area (Å²) in [5.74, 6) is 1.41. The predicted molar refractivity (Wildman–Crippen MR) is 109 cm³/mol. The van der Waals surface area contributed by atoms with Gasteiger partial charge in [-0.2, -0.15) is 0 Å². The largest absolute Gasteiger partial charge is 0.361 e. The van der Waals surface area contributed by atoms with Crippen molar-refractivity contribution < 1.29 is 8.91 Å². The van der Waals surface area contributed by atoms with Crippen molar-refractivity contribution in [3.8, 4) is 0 Å². The monoisotopic (exact) mass is 460 g/mol. The number of nitrogens with one attached hydrogen (secondary N) is 2. The Labute approximate surface area is 165 Å². The topological polar surface area (TPSA) is 62.5 Å². The van der Waals surface area contributed by atoms with Crippen molar-refractivity contribution in [2.24, 2.45) is 4.99 Å². The van der Waals surface area contributed by atoms with Crippen LogP contribution < -0.4 is 10.6 Å². The Bertz CT molecular complexity index is 666. The molecule has 1 heterocycles. The molecule has 7 heteroatoms. The van der Waals surface area contributed by atoms with Gasteiger partial charge in [-0.05, 0) is 24.5 Å². The zero-order valence-electron chi connectivity index (χ0n) is 14.9. The Morgan fingerprint density at radius 1 is 1.20 bits per heavy atom. The molecule has 2 N–H and O–H groups in total. The predicted octanol–water partition coefficient (Wildman–Crippen LogP) is 3.46. The maximum atomic E-state index is 13.6. The molecule has 2 aromatic rings. The molecule has 25 heavy (non-hydrogen) atoms. The lowest BCUT2D eigenvalue weighted by atomic mass is 10.1. The number of guanidine groups is 1. The van der Waals surface area contributed by atoms with E-state index in [-0.39, 0.29) is 29.8 Å². The minimum atomic E-state index is -0.174. The molecule has 0 spiro atoms. The van der Waals surface area contributed by atoms with Crippen LogP contribution in [0, 0.1) is 5.82 Å². The molecule has 0 amide bonds. The fourth-order valence-corrected chi connectivity index (χ4v) is 2.55. The number of halogens is 2. The molecule has 0 fully saturated rings. The summed E-state index contributed by atoms with van der Waals surface area (Å²) in [6, 6.07) is 6.82. The van der Waals surface area contributed by atoms with Gasteiger partial charge in [-0.1, -0.05) is 37.2 Å². The lowest BCUT2D eigenvalue weighted by Gasteiger charge is -2.12. The van der Waals surface area contributed by atoms with Gasteiger partial charge in [-0.3, -0.25) is 4.99 Å². The normalized spacial score (nSPS) is 11.1. The first-order valence-electron chi connectivity index (χ1n) is 8.33. The Kier molecular flexibility index (Phi) is 9.48. The van der Waals surface area contributed by atoms with E-state index in [1.807, 2.05) is 13.0 Å². The van der Waals surface area contributed by atoms with Gasteiger partial charge >= 0.3 is 0 Å². The van der Waals surface area contributed by atoms with E-state index in [1.165, 1.54) is 6.07 Å². The third-order valence-corrected chi connectivity index (χ3v) is 3.91. The lowest BCUT2D eigenvalue weighted by molar-refractivity contribution is 0.380. The first kappa shape index (κ1) is 21.4. The number of hydrogen-bond donors (Lipinski definition) is 2. The molecular formula is C18H26FIN4O. The van der Waals surface area contributed by atoms with Crippen LogP contribution in [0.2, 0.25) is 0 Å². The van der Waals surface area contributed by atoms with Gasteiger partial charge in [0.05, 0.1) is 5.69 Å². The maximum Gasteiger partial charge on any atom is 0.191 e. The Morgan fingerprint density at radius 2 is 1.96 bits per heavy atom. The van der Waals surface area contributed by atoms with Crippen LogP contribution in [-0.4, -0.2) is 24.7 Å². The molecule has 138 valence electrons. The molecule has 1 aromatic carbocycles. The summed E-state index contributed by atoms with van der Waals surface area (Å²) in [5, 5.41) is 10.6. The van der Waals surface area contributed by atoms with Crippen LogP contribution >= 0.6 is 24.0 Å². The van der Waals surface area contributed by atoms with Crippen molar-refractivity contribution in [3.05, 3.63) is 52.7 Å². The maximum absolute atomic E-state index is 13.6. The van der Waals surface area contributed by atoms with E-state index in [2.05, 4.69) is 27.7 Å². The minimum Gasteiger partial charge on any atom is -0.361 e. The molecule has 0 aliphatic carbocycles. The Balaban J connectivity index is 0.00000312. The number of rotatable bonds is 7. The molecule has 0 aliphatic heterocycles. The summed E-state index contributed by atoms with van der Waals surface area (Å²) in [6.07, 6.45) is 2.24. The second-order valence-corrected chi connectivity index (χ2v) is 5.43. The van der Waals surface area contributed by atoms with Crippen molar-refractivity contribution in [2.45, 2.75) is 39.7 Å². The summed E-state index contributed by atoms with van der Waals surface area (Å²) in [5.41, 5.74) is 2.76. The molecule has 0 atom stereocenters. The first-order chi connectivity index (χ1) is 11.7. The second kappa shape index (κ2) is 11.1. The summed E-state index contributed by atoms with van der Waals surface area (Å²) in [7, 11) is 1.72. The number of benzene rings is 1. The van der Waals surface area contributed by atoms with Crippen molar-refractivity contribution in [3.63, 3.8) is 0 Å². The van der Waals surface area contributed by atoms with Gasteiger partial charge in [0, 0.05) is 32.1 Å². The van der Waals surface area contributed by atoms with Gasteiger partial charge < -0.3 is 15.2 Å². The second-order valence-electron chi connectivity index (χ2n) is 5.43. The Morgan fingerprint density at radius 3 is 2.60 bits per heavy atom. The van der Waals surface area contributed by atoms with E-state index in [4.69, 9.17) is 4.52 Å². The van der Waals surface area contributed by atoms with Gasteiger partial charge in [0.2, 0.25) is 0 Å². The zero-order valence-corrected chi connectivity index (χ0v) is 17.3. The molecule has 0 aliphatic rings. The van der Waals surface area contributed by atoms with Gasteiger partial charge in [0.15, 0.2) is 5.96 Å². The van der Waals surface area contributed by atoms with E-state index >= 15 is 0 Å². The average Bonchev–Trinajstić information content (AvgIpc) is 3.01. The molecule has 0 saturated carbocycles. The zero-order chi connectivity index (χ0) is 17.4. The number of aliphatic imine (C=N–C) groups is 1. The highest BCUT2D eigenvalue weighted by molar-refractivity contribution is 14.0. The molecule has 2 rings (SSSR count). The van der Waals surface area contributed by atoms with Crippen LogP contribution in [0.3, 0.4) is 0 Å². The third kappa shape index (κ3) is 5.98. The summed E-state index contributed by atoms with van der Waals surface area (Å²) < 4.78 is 19.0. The quantitative estimate of drug-likeness (QED) is 0.378. The van der Waals surface area contributed by atoms with E-state index < -0.39 is 0 Å². The smallest absolute Gasteiger partial charge is 0.191 e. The highest BCUT2D eigenvalue weighted by atomic mass is 127. The molecular weight excluding hydrogens is 434 g/mol. The highest BCUT2D eigenvalue weighted by Crippen LogP contribution is 2.15. The van der Waals surface area contributed by atoms with Crippen LogP contribution in [0.25, 0.3) is 0 Å². The molecule has 0 saturated heterocycles. The van der Waals surface area contributed by atoms with Crippen LogP contribution in [0.5, 0.6) is 0 Å². The van der Waals surface area contributed by atoms with Crippen molar-refractivity contribution in [1.82, 2.24) is 15.8 Å². The number of nitrogens with zero attached hydrogens (tertiary/aromatic N) is 2.